The largest absolute Gasteiger partial charge is 0.480 e. The highest BCUT2D eigenvalue weighted by Crippen LogP contribution is 2.14. The molecule has 6 nitrogen and oxygen atoms in total. The Balaban J connectivity index is 1.78. The third kappa shape index (κ3) is 3.43. The summed E-state index contributed by atoms with van der Waals surface area (Å²) in [4.78, 5) is 26.6. The van der Waals surface area contributed by atoms with Crippen molar-refractivity contribution in [1.82, 2.24) is 15.1 Å². The van der Waals surface area contributed by atoms with E-state index in [0.717, 1.165) is 25.9 Å². The molecular formula is C12H21N3O3. The summed E-state index contributed by atoms with van der Waals surface area (Å²) < 4.78 is 0. The van der Waals surface area contributed by atoms with Crippen LogP contribution < -0.4 is 5.32 Å². The van der Waals surface area contributed by atoms with Gasteiger partial charge in [0.25, 0.3) is 0 Å². The Labute approximate surface area is 107 Å². The number of carboxylic acid groups (broad SMARTS) is 1. The third-order valence-electron chi connectivity index (χ3n) is 3.69. The SMILES string of the molecule is O=C(O)CN1CCN(C(=O)[C@@H]2CCCNC2)CC1. The number of rotatable bonds is 3. The molecule has 0 aromatic rings. The fourth-order valence-corrected chi connectivity index (χ4v) is 2.64. The molecule has 0 bridgehead atoms. The van der Waals surface area contributed by atoms with Crippen LogP contribution in [0.15, 0.2) is 0 Å². The first-order valence-electron chi connectivity index (χ1n) is 6.60. The number of carbonyl (C=O) groups is 2. The molecule has 0 aliphatic carbocycles. The highest BCUT2D eigenvalue weighted by Gasteiger charge is 2.28. The van der Waals surface area contributed by atoms with E-state index in [4.69, 9.17) is 5.11 Å². The number of hydrogen-bond acceptors (Lipinski definition) is 4. The molecule has 2 aliphatic rings. The first-order chi connectivity index (χ1) is 8.66. The normalized spacial score (nSPS) is 26.0. The van der Waals surface area contributed by atoms with Crippen LogP contribution >= 0.6 is 0 Å². The molecule has 2 rings (SSSR count). The Morgan fingerprint density at radius 2 is 1.94 bits per heavy atom. The molecule has 6 heteroatoms. The monoisotopic (exact) mass is 255 g/mol. The van der Waals surface area contributed by atoms with Crippen molar-refractivity contribution in [2.45, 2.75) is 12.8 Å². The van der Waals surface area contributed by atoms with Crippen LogP contribution in [-0.4, -0.2) is 72.6 Å². The van der Waals surface area contributed by atoms with Crippen molar-refractivity contribution in [2.24, 2.45) is 5.92 Å². The number of nitrogens with one attached hydrogen (secondary N) is 1. The van der Waals surface area contributed by atoms with Crippen molar-refractivity contribution in [3.63, 3.8) is 0 Å². The van der Waals surface area contributed by atoms with E-state index in [1.165, 1.54) is 0 Å². The Morgan fingerprint density at radius 1 is 1.22 bits per heavy atom. The average Bonchev–Trinajstić information content (AvgIpc) is 2.39. The molecule has 2 heterocycles. The number of piperidine rings is 1. The van der Waals surface area contributed by atoms with Gasteiger partial charge in [-0.1, -0.05) is 0 Å². The van der Waals surface area contributed by atoms with Gasteiger partial charge in [-0.2, -0.15) is 0 Å². The molecule has 2 aliphatic heterocycles. The van der Waals surface area contributed by atoms with Gasteiger partial charge < -0.3 is 15.3 Å². The zero-order chi connectivity index (χ0) is 13.0. The smallest absolute Gasteiger partial charge is 0.317 e. The van der Waals surface area contributed by atoms with Crippen LogP contribution in [0.4, 0.5) is 0 Å². The van der Waals surface area contributed by atoms with Crippen LogP contribution in [0.5, 0.6) is 0 Å². The van der Waals surface area contributed by atoms with Gasteiger partial charge in [0.1, 0.15) is 0 Å². The number of aliphatic carboxylic acids is 1. The third-order valence-corrected chi connectivity index (χ3v) is 3.69. The van der Waals surface area contributed by atoms with Crippen molar-refractivity contribution in [3.8, 4) is 0 Å². The van der Waals surface area contributed by atoms with Gasteiger partial charge in [0, 0.05) is 32.7 Å². The second-order valence-corrected chi connectivity index (χ2v) is 5.04. The lowest BCUT2D eigenvalue weighted by molar-refractivity contribution is -0.140. The number of carbonyl (C=O) groups excluding carboxylic acids is 1. The lowest BCUT2D eigenvalue weighted by atomic mass is 9.98. The number of amides is 1. The number of hydrogen-bond donors (Lipinski definition) is 2. The molecule has 0 aromatic heterocycles. The van der Waals surface area contributed by atoms with E-state index in [2.05, 4.69) is 5.32 Å². The van der Waals surface area contributed by atoms with Gasteiger partial charge in [-0.3, -0.25) is 14.5 Å². The molecule has 2 N–H and O–H groups in total. The maximum atomic E-state index is 12.2. The lowest BCUT2D eigenvalue weighted by Crippen LogP contribution is -2.52. The van der Waals surface area contributed by atoms with Gasteiger partial charge in [0.15, 0.2) is 0 Å². The van der Waals surface area contributed by atoms with Gasteiger partial charge >= 0.3 is 5.97 Å². The van der Waals surface area contributed by atoms with Crippen molar-refractivity contribution in [2.75, 3.05) is 45.8 Å². The van der Waals surface area contributed by atoms with Crippen molar-refractivity contribution in [1.29, 1.82) is 0 Å². The summed E-state index contributed by atoms with van der Waals surface area (Å²) in [6.45, 7) is 4.51. The highest BCUT2D eigenvalue weighted by atomic mass is 16.4. The van der Waals surface area contributed by atoms with E-state index in [1.54, 1.807) is 0 Å². The minimum atomic E-state index is -0.800. The van der Waals surface area contributed by atoms with E-state index >= 15 is 0 Å². The average molecular weight is 255 g/mol. The second-order valence-electron chi connectivity index (χ2n) is 5.04. The van der Waals surface area contributed by atoms with E-state index in [-0.39, 0.29) is 18.4 Å². The van der Waals surface area contributed by atoms with Crippen LogP contribution in [0.25, 0.3) is 0 Å². The summed E-state index contributed by atoms with van der Waals surface area (Å²) in [5, 5.41) is 12.0. The molecule has 0 unspecified atom stereocenters. The minimum Gasteiger partial charge on any atom is -0.480 e. The van der Waals surface area contributed by atoms with E-state index in [0.29, 0.717) is 26.2 Å². The van der Waals surface area contributed by atoms with Gasteiger partial charge in [-0.15, -0.1) is 0 Å². The van der Waals surface area contributed by atoms with E-state index in [9.17, 15) is 9.59 Å². The predicted octanol–water partition coefficient (Wildman–Crippen LogP) is -0.785. The van der Waals surface area contributed by atoms with Gasteiger partial charge in [0.05, 0.1) is 12.5 Å². The zero-order valence-corrected chi connectivity index (χ0v) is 10.6. The topological polar surface area (TPSA) is 72.9 Å². The van der Waals surface area contributed by atoms with Crippen molar-refractivity contribution < 1.29 is 14.7 Å². The molecule has 102 valence electrons. The van der Waals surface area contributed by atoms with Gasteiger partial charge in [-0.25, -0.2) is 0 Å². The minimum absolute atomic E-state index is 0.0764. The summed E-state index contributed by atoms with van der Waals surface area (Å²) in [7, 11) is 0. The molecular weight excluding hydrogens is 234 g/mol. The zero-order valence-electron chi connectivity index (χ0n) is 10.6. The summed E-state index contributed by atoms with van der Waals surface area (Å²) in [5.74, 6) is -0.451. The van der Waals surface area contributed by atoms with Gasteiger partial charge in [0.2, 0.25) is 5.91 Å². The van der Waals surface area contributed by atoms with Crippen LogP contribution in [0.2, 0.25) is 0 Å². The van der Waals surface area contributed by atoms with Gasteiger partial charge in [-0.05, 0) is 19.4 Å². The van der Waals surface area contributed by atoms with Crippen LogP contribution in [0.3, 0.4) is 0 Å². The lowest BCUT2D eigenvalue weighted by Gasteiger charge is -2.36. The van der Waals surface area contributed by atoms with Crippen LogP contribution in [-0.2, 0) is 9.59 Å². The van der Waals surface area contributed by atoms with E-state index < -0.39 is 5.97 Å². The quantitative estimate of drug-likeness (QED) is 0.692. The standard InChI is InChI=1S/C12H21N3O3/c16-11(17)9-14-4-6-15(7-5-14)12(18)10-2-1-3-13-8-10/h10,13H,1-9H2,(H,16,17)/t10-/m1/s1. The fourth-order valence-electron chi connectivity index (χ4n) is 2.64. The molecule has 0 radical (unpaired) electrons. The first-order valence-corrected chi connectivity index (χ1v) is 6.60. The number of carboxylic acids is 1. The Bertz CT molecular complexity index is 308. The summed E-state index contributed by atoms with van der Waals surface area (Å²) in [5.41, 5.74) is 0. The van der Waals surface area contributed by atoms with Crippen molar-refractivity contribution in [3.05, 3.63) is 0 Å². The van der Waals surface area contributed by atoms with E-state index in [1.807, 2.05) is 9.80 Å². The molecule has 0 aromatic carbocycles. The second kappa shape index (κ2) is 6.15. The number of nitrogens with zero attached hydrogens (tertiary/aromatic N) is 2. The summed E-state index contributed by atoms with van der Waals surface area (Å²) >= 11 is 0. The molecule has 1 atom stereocenters. The molecule has 2 saturated heterocycles. The Hall–Kier alpha value is -1.14. The molecule has 2 fully saturated rings. The highest BCUT2D eigenvalue weighted by molar-refractivity contribution is 5.79. The Kier molecular flexibility index (Phi) is 4.54. The predicted molar refractivity (Wildman–Crippen MR) is 66.2 cm³/mol. The fraction of sp³-hybridized carbons (Fsp3) is 0.833. The maximum Gasteiger partial charge on any atom is 0.317 e. The molecule has 0 saturated carbocycles. The maximum absolute atomic E-state index is 12.2. The summed E-state index contributed by atoms with van der Waals surface area (Å²) in [6, 6.07) is 0. The summed E-state index contributed by atoms with van der Waals surface area (Å²) in [6.07, 6.45) is 2.04. The molecule has 0 spiro atoms. The first kappa shape index (κ1) is 13.3. The van der Waals surface area contributed by atoms with Crippen LogP contribution in [0.1, 0.15) is 12.8 Å². The molecule has 1 amide bonds. The van der Waals surface area contributed by atoms with Crippen LogP contribution in [0, 0.1) is 5.92 Å². The molecule has 18 heavy (non-hydrogen) atoms. The number of piperazine rings is 1. The van der Waals surface area contributed by atoms with Crippen molar-refractivity contribution >= 4 is 11.9 Å². The Morgan fingerprint density at radius 3 is 2.50 bits per heavy atom.